The topological polar surface area (TPSA) is 17.8 Å². The van der Waals surface area contributed by atoms with E-state index >= 15 is 0 Å². The summed E-state index contributed by atoms with van der Waals surface area (Å²) in [6.45, 7) is 0. The Bertz CT molecular complexity index is 3160. The number of aromatic nitrogens is 2. The minimum atomic E-state index is 0.188. The van der Waals surface area contributed by atoms with Crippen LogP contribution < -0.4 is 27.3 Å². The number of rotatable bonds is 5. The third kappa shape index (κ3) is 5.37. The monoisotopic (exact) mass is 698 g/mol. The number of hydrogen-bond acceptors (Lipinski definition) is 1. The summed E-state index contributed by atoms with van der Waals surface area (Å²) in [5.41, 5.74) is 11.0. The van der Waals surface area contributed by atoms with Crippen molar-refractivity contribution in [1.29, 1.82) is 0 Å². The standard InChI is InChI=1S/C49H27B5N2/c50-44-43(45(51)47(53)48(54)46(44)52)42-36-15-7-6-14-35(36)41(37-25-23-33(27-38(37)42)28-10-2-1-3-11-28)30-18-20-31(21-19-30)49-55-39-16-8-9-17-40(39)56(49)34-24-22-29-12-4-5-13-32(29)26-34/h1-27H. The predicted molar refractivity (Wildman–Crippen MR) is 242 cm³/mol. The molecule has 0 aliphatic heterocycles. The molecule has 10 aromatic rings. The SMILES string of the molecule is [B]c1c([B])c([B])c(-c2c3ccccc3c(-c3ccc(-c4nc5ccccc5n4-c4ccc5ccccc5c4)cc3)c3ccc(-c4ccccc4)cc23)c([B])c1[B]. The van der Waals surface area contributed by atoms with E-state index in [-0.39, 0.29) is 16.4 Å². The number of benzene rings is 9. The Balaban J connectivity index is 1.21. The molecular formula is C49H27B5N2. The largest absolute Gasteiger partial charge is 0.292 e. The van der Waals surface area contributed by atoms with Crippen molar-refractivity contribution in [3.8, 4) is 50.5 Å². The second kappa shape index (κ2) is 13.4. The maximum atomic E-state index is 6.80. The zero-order valence-electron chi connectivity index (χ0n) is 30.4. The zero-order chi connectivity index (χ0) is 38.1. The number of hydrogen-bond donors (Lipinski definition) is 0. The summed E-state index contributed by atoms with van der Waals surface area (Å²) in [6, 6.07) is 57.2. The van der Waals surface area contributed by atoms with Gasteiger partial charge < -0.3 is 0 Å². The van der Waals surface area contributed by atoms with Gasteiger partial charge in [0.1, 0.15) is 45.1 Å². The molecule has 0 spiro atoms. The summed E-state index contributed by atoms with van der Waals surface area (Å²) in [4.78, 5) is 5.17. The van der Waals surface area contributed by atoms with Crippen molar-refractivity contribution in [3.63, 3.8) is 0 Å². The first-order valence-corrected chi connectivity index (χ1v) is 18.5. The fraction of sp³-hybridized carbons (Fsp3) is 0. The number of fused-ring (bicyclic) bond motifs is 4. The smallest absolute Gasteiger partial charge is 0.145 e. The summed E-state index contributed by atoms with van der Waals surface area (Å²) in [7, 11) is 32.9. The van der Waals surface area contributed by atoms with Crippen LogP contribution >= 0.6 is 0 Å². The van der Waals surface area contributed by atoms with Crippen LogP contribution in [0.2, 0.25) is 0 Å². The molecule has 10 rings (SSSR count). The molecule has 0 aliphatic carbocycles. The van der Waals surface area contributed by atoms with Gasteiger partial charge in [0.25, 0.3) is 0 Å². The number of nitrogens with zero attached hydrogens (tertiary/aromatic N) is 2. The van der Waals surface area contributed by atoms with E-state index in [1.807, 2.05) is 30.3 Å². The molecule has 56 heavy (non-hydrogen) atoms. The number of imidazole rings is 1. The molecule has 248 valence electrons. The van der Waals surface area contributed by atoms with Crippen molar-refractivity contribution in [2.24, 2.45) is 0 Å². The van der Waals surface area contributed by atoms with Crippen LogP contribution in [0.25, 0.3) is 93.8 Å². The minimum absolute atomic E-state index is 0.188. The summed E-state index contributed by atoms with van der Waals surface area (Å²) < 4.78 is 2.25. The van der Waals surface area contributed by atoms with Gasteiger partial charge in [0.15, 0.2) is 0 Å². The summed E-state index contributed by atoms with van der Waals surface area (Å²) in [5.74, 6) is 0.870. The van der Waals surface area contributed by atoms with Crippen LogP contribution in [0.4, 0.5) is 0 Å². The third-order valence-electron chi connectivity index (χ3n) is 11.1. The first-order chi connectivity index (χ1) is 27.4. The summed E-state index contributed by atoms with van der Waals surface area (Å²) in [5, 5.41) is 6.36. The minimum Gasteiger partial charge on any atom is -0.292 e. The van der Waals surface area contributed by atoms with Crippen molar-refractivity contribution < 1.29 is 0 Å². The van der Waals surface area contributed by atoms with Gasteiger partial charge in [-0.2, -0.15) is 0 Å². The van der Waals surface area contributed by atoms with Gasteiger partial charge in [0, 0.05) is 11.3 Å². The van der Waals surface area contributed by atoms with E-state index in [9.17, 15) is 0 Å². The molecule has 0 unspecified atom stereocenters. The molecule has 0 saturated heterocycles. The molecule has 0 amide bonds. The van der Waals surface area contributed by atoms with E-state index in [1.54, 1.807) is 0 Å². The van der Waals surface area contributed by atoms with Gasteiger partial charge in [-0.3, -0.25) is 4.57 Å². The van der Waals surface area contributed by atoms with Gasteiger partial charge in [-0.1, -0.05) is 144 Å². The van der Waals surface area contributed by atoms with Crippen LogP contribution in [0, 0.1) is 0 Å². The lowest BCUT2D eigenvalue weighted by atomic mass is 9.59. The molecule has 7 heteroatoms. The fourth-order valence-corrected chi connectivity index (χ4v) is 8.27. The Morgan fingerprint density at radius 3 is 1.68 bits per heavy atom. The molecule has 0 fully saturated rings. The lowest BCUT2D eigenvalue weighted by Gasteiger charge is -2.25. The molecule has 0 atom stereocenters. The lowest BCUT2D eigenvalue weighted by Crippen LogP contribution is -2.55. The van der Waals surface area contributed by atoms with Crippen molar-refractivity contribution in [2.45, 2.75) is 0 Å². The molecule has 1 aromatic heterocycles. The Hall–Kier alpha value is -6.45. The first-order valence-electron chi connectivity index (χ1n) is 18.5. The van der Waals surface area contributed by atoms with Crippen molar-refractivity contribution in [2.75, 3.05) is 0 Å². The van der Waals surface area contributed by atoms with E-state index < -0.39 is 0 Å². The second-order valence-electron chi connectivity index (χ2n) is 14.2. The second-order valence-corrected chi connectivity index (χ2v) is 14.2. The normalized spacial score (nSPS) is 11.6. The highest BCUT2D eigenvalue weighted by atomic mass is 15.1. The fourth-order valence-electron chi connectivity index (χ4n) is 8.27. The maximum Gasteiger partial charge on any atom is 0.145 e. The molecule has 0 N–H and O–H groups in total. The molecule has 0 aliphatic rings. The molecule has 0 saturated carbocycles. The van der Waals surface area contributed by atoms with Gasteiger partial charge >= 0.3 is 0 Å². The maximum absolute atomic E-state index is 6.80. The first kappa shape index (κ1) is 34.1. The van der Waals surface area contributed by atoms with Crippen molar-refractivity contribution >= 4 is 110 Å². The molecule has 1 heterocycles. The zero-order valence-corrected chi connectivity index (χ0v) is 30.4. The highest BCUT2D eigenvalue weighted by molar-refractivity contribution is 6.69. The van der Waals surface area contributed by atoms with E-state index in [2.05, 4.69) is 138 Å². The molecular weight excluding hydrogens is 671 g/mol. The Labute approximate surface area is 332 Å². The third-order valence-corrected chi connectivity index (χ3v) is 11.1. The molecule has 0 bridgehead atoms. The Morgan fingerprint density at radius 1 is 0.357 bits per heavy atom. The molecule has 10 radical (unpaired) electrons. The average Bonchev–Trinajstić information content (AvgIpc) is 3.64. The van der Waals surface area contributed by atoms with Gasteiger partial charge in [0.05, 0.1) is 11.0 Å². The van der Waals surface area contributed by atoms with Crippen LogP contribution in [-0.4, -0.2) is 48.8 Å². The highest BCUT2D eigenvalue weighted by Gasteiger charge is 2.22. The van der Waals surface area contributed by atoms with Crippen molar-refractivity contribution in [1.82, 2.24) is 9.55 Å². The van der Waals surface area contributed by atoms with E-state index in [1.165, 1.54) is 10.8 Å². The van der Waals surface area contributed by atoms with E-state index in [0.29, 0.717) is 16.5 Å². The Morgan fingerprint density at radius 2 is 0.929 bits per heavy atom. The summed E-state index contributed by atoms with van der Waals surface area (Å²) >= 11 is 0. The Kier molecular flexibility index (Phi) is 8.15. The van der Waals surface area contributed by atoms with Crippen LogP contribution in [-0.2, 0) is 0 Å². The number of para-hydroxylation sites is 2. The van der Waals surface area contributed by atoms with Gasteiger partial charge in [-0.15, -0.1) is 16.4 Å². The highest BCUT2D eigenvalue weighted by Crippen LogP contribution is 2.44. The molecule has 9 aromatic carbocycles. The van der Waals surface area contributed by atoms with Gasteiger partial charge in [-0.25, -0.2) is 4.98 Å². The lowest BCUT2D eigenvalue weighted by molar-refractivity contribution is 1.11. The van der Waals surface area contributed by atoms with Crippen LogP contribution in [0.1, 0.15) is 0 Å². The quantitative estimate of drug-likeness (QED) is 0.138. The van der Waals surface area contributed by atoms with Gasteiger partial charge in [-0.05, 0) is 96.0 Å². The van der Waals surface area contributed by atoms with Crippen LogP contribution in [0.3, 0.4) is 0 Å². The van der Waals surface area contributed by atoms with Crippen LogP contribution in [0.15, 0.2) is 164 Å². The van der Waals surface area contributed by atoms with E-state index in [0.717, 1.165) is 77.5 Å². The molecule has 2 nitrogen and oxygen atoms in total. The summed E-state index contributed by atoms with van der Waals surface area (Å²) in [6.07, 6.45) is 0. The van der Waals surface area contributed by atoms with Gasteiger partial charge in [0.2, 0.25) is 0 Å². The average molecular weight is 698 g/mol. The van der Waals surface area contributed by atoms with E-state index in [4.69, 9.17) is 44.2 Å². The van der Waals surface area contributed by atoms with Crippen molar-refractivity contribution in [3.05, 3.63) is 164 Å². The predicted octanol–water partition coefficient (Wildman–Crippen LogP) is 7.12. The van der Waals surface area contributed by atoms with Crippen LogP contribution in [0.5, 0.6) is 0 Å².